The number of carbonyl (C=O) groups excluding carboxylic acids is 1. The predicted molar refractivity (Wildman–Crippen MR) is 98.3 cm³/mol. The number of hydrogen-bond acceptors (Lipinski definition) is 5. The molecule has 1 unspecified atom stereocenters. The van der Waals surface area contributed by atoms with Crippen LogP contribution in [-0.2, 0) is 21.9 Å². The van der Waals surface area contributed by atoms with Crippen molar-refractivity contribution in [1.82, 2.24) is 19.8 Å². The van der Waals surface area contributed by atoms with Crippen molar-refractivity contribution < 1.29 is 13.2 Å². The van der Waals surface area contributed by atoms with Crippen LogP contribution in [0, 0.1) is 6.92 Å². The molecule has 1 aromatic heterocycles. The molecular formula is C15H22ClN5O3S. The number of halogens is 1. The fraction of sp³-hybridized carbons (Fsp3) is 0.333. The van der Waals surface area contributed by atoms with Gasteiger partial charge in [0.15, 0.2) is 0 Å². The number of nitrogens with zero attached hydrogens (tertiary/aromatic N) is 2. The van der Waals surface area contributed by atoms with Gasteiger partial charge in [-0.05, 0) is 38.7 Å². The summed E-state index contributed by atoms with van der Waals surface area (Å²) in [5.41, 5.74) is 1.72. The molecule has 0 aliphatic rings. The van der Waals surface area contributed by atoms with Gasteiger partial charge >= 0.3 is 0 Å². The molecule has 2 rings (SSSR count). The third kappa shape index (κ3) is 4.79. The molecule has 0 aliphatic heterocycles. The van der Waals surface area contributed by atoms with E-state index in [4.69, 9.17) is 0 Å². The van der Waals surface area contributed by atoms with Crippen molar-refractivity contribution in [2.45, 2.75) is 17.9 Å². The largest absolute Gasteiger partial charge is 0.324 e. The van der Waals surface area contributed by atoms with Crippen molar-refractivity contribution in [3.63, 3.8) is 0 Å². The summed E-state index contributed by atoms with van der Waals surface area (Å²) < 4.78 is 27.9. The topological polar surface area (TPSA) is 105 Å². The number of hydrogen-bond donors (Lipinski definition) is 3. The van der Waals surface area contributed by atoms with Crippen LogP contribution in [0.25, 0.3) is 0 Å². The number of rotatable bonds is 6. The molecule has 1 aromatic carbocycles. The molecule has 138 valence electrons. The van der Waals surface area contributed by atoms with Gasteiger partial charge in [0.05, 0.1) is 11.1 Å². The van der Waals surface area contributed by atoms with Gasteiger partial charge in [-0.25, -0.2) is 13.1 Å². The molecule has 25 heavy (non-hydrogen) atoms. The van der Waals surface area contributed by atoms with E-state index >= 15 is 0 Å². The highest BCUT2D eigenvalue weighted by Gasteiger charge is 2.21. The first-order chi connectivity index (χ1) is 11.3. The van der Waals surface area contributed by atoms with Crippen LogP contribution < -0.4 is 15.4 Å². The van der Waals surface area contributed by atoms with Crippen molar-refractivity contribution >= 4 is 34.0 Å². The number of aryl methyl sites for hydroxylation is 2. The minimum absolute atomic E-state index is 0. The molecule has 0 aliphatic carbocycles. The number of carbonyl (C=O) groups is 1. The van der Waals surface area contributed by atoms with E-state index in [1.807, 2.05) is 0 Å². The van der Waals surface area contributed by atoms with Crippen LogP contribution in [0.3, 0.4) is 0 Å². The maximum atomic E-state index is 12.5. The van der Waals surface area contributed by atoms with Gasteiger partial charge in [-0.15, -0.1) is 12.4 Å². The third-order valence-electron chi connectivity index (χ3n) is 3.62. The standard InChI is InChI=1S/C15H21N5O3S.ClH/c1-10-5-6-12(7-13(10)24(22,23)17-3)19-15(21)14(16-2)11-8-18-20(4)9-11;/h5-9,14,16-17H,1-4H3,(H,19,21);1H. The first-order valence-corrected chi connectivity index (χ1v) is 8.77. The Morgan fingerprint density at radius 2 is 1.96 bits per heavy atom. The van der Waals surface area contributed by atoms with Crippen molar-refractivity contribution in [2.24, 2.45) is 7.05 Å². The fourth-order valence-corrected chi connectivity index (χ4v) is 3.32. The normalized spacial score (nSPS) is 12.3. The Bertz CT molecular complexity index is 851. The number of nitrogens with one attached hydrogen (secondary N) is 3. The van der Waals surface area contributed by atoms with Crippen LogP contribution in [-0.4, -0.2) is 38.2 Å². The molecule has 10 heteroatoms. The summed E-state index contributed by atoms with van der Waals surface area (Å²) in [6.07, 6.45) is 3.35. The Balaban J connectivity index is 0.00000312. The second-order valence-electron chi connectivity index (χ2n) is 5.35. The van der Waals surface area contributed by atoms with Gasteiger partial charge < -0.3 is 10.6 Å². The zero-order valence-electron chi connectivity index (χ0n) is 14.4. The van der Waals surface area contributed by atoms with Crippen molar-refractivity contribution in [3.05, 3.63) is 41.7 Å². The number of benzene rings is 1. The number of aromatic nitrogens is 2. The second-order valence-corrected chi connectivity index (χ2v) is 7.20. The summed E-state index contributed by atoms with van der Waals surface area (Å²) in [4.78, 5) is 12.6. The maximum Gasteiger partial charge on any atom is 0.246 e. The van der Waals surface area contributed by atoms with Crippen LogP contribution in [0.15, 0.2) is 35.5 Å². The van der Waals surface area contributed by atoms with E-state index in [0.717, 1.165) is 0 Å². The molecule has 8 nitrogen and oxygen atoms in total. The van der Waals surface area contributed by atoms with Gasteiger partial charge in [0.2, 0.25) is 15.9 Å². The Labute approximate surface area is 153 Å². The molecule has 2 aromatic rings. The fourth-order valence-electron chi connectivity index (χ4n) is 2.33. The average molecular weight is 388 g/mol. The Morgan fingerprint density at radius 1 is 1.28 bits per heavy atom. The van der Waals surface area contributed by atoms with Gasteiger partial charge in [-0.3, -0.25) is 9.48 Å². The second kappa shape index (κ2) is 8.43. The van der Waals surface area contributed by atoms with Crippen LogP contribution in [0.5, 0.6) is 0 Å². The number of sulfonamides is 1. The lowest BCUT2D eigenvalue weighted by Gasteiger charge is -2.15. The van der Waals surface area contributed by atoms with E-state index in [9.17, 15) is 13.2 Å². The van der Waals surface area contributed by atoms with Crippen LogP contribution >= 0.6 is 12.4 Å². The molecule has 0 radical (unpaired) electrons. The van der Waals surface area contributed by atoms with E-state index < -0.39 is 16.1 Å². The summed E-state index contributed by atoms with van der Waals surface area (Å²) >= 11 is 0. The zero-order valence-corrected chi connectivity index (χ0v) is 16.0. The minimum atomic E-state index is -3.59. The van der Waals surface area contributed by atoms with Crippen molar-refractivity contribution in [1.29, 1.82) is 0 Å². The highest BCUT2D eigenvalue weighted by molar-refractivity contribution is 7.89. The van der Waals surface area contributed by atoms with Gasteiger partial charge in [0, 0.05) is 24.5 Å². The van der Waals surface area contributed by atoms with E-state index in [-0.39, 0.29) is 23.2 Å². The summed E-state index contributed by atoms with van der Waals surface area (Å²) in [6.45, 7) is 1.70. The Morgan fingerprint density at radius 3 is 2.48 bits per heavy atom. The molecule has 3 N–H and O–H groups in total. The highest BCUT2D eigenvalue weighted by atomic mass is 35.5. The first-order valence-electron chi connectivity index (χ1n) is 7.29. The van der Waals surface area contributed by atoms with E-state index in [2.05, 4.69) is 20.5 Å². The Kier molecular flexibility index (Phi) is 7.12. The average Bonchev–Trinajstić information content (AvgIpc) is 2.96. The zero-order chi connectivity index (χ0) is 17.9. The number of amides is 1. The molecule has 0 bridgehead atoms. The summed E-state index contributed by atoms with van der Waals surface area (Å²) in [7, 11) is 1.19. The molecular weight excluding hydrogens is 366 g/mol. The van der Waals surface area contributed by atoms with Crippen molar-refractivity contribution in [2.75, 3.05) is 19.4 Å². The van der Waals surface area contributed by atoms with E-state index in [1.54, 1.807) is 50.2 Å². The smallest absolute Gasteiger partial charge is 0.246 e. The molecule has 0 spiro atoms. The van der Waals surface area contributed by atoms with Crippen LogP contribution in [0.1, 0.15) is 17.2 Å². The van der Waals surface area contributed by atoms with Crippen molar-refractivity contribution in [3.8, 4) is 0 Å². The summed E-state index contributed by atoms with van der Waals surface area (Å²) in [5.74, 6) is -0.304. The first kappa shape index (κ1) is 21.1. The number of anilines is 1. The SMILES string of the molecule is CNC(C(=O)Nc1ccc(C)c(S(=O)(=O)NC)c1)c1cnn(C)c1.Cl. The quantitative estimate of drug-likeness (QED) is 0.684. The highest BCUT2D eigenvalue weighted by Crippen LogP contribution is 2.21. The van der Waals surface area contributed by atoms with Crippen LogP contribution in [0.2, 0.25) is 0 Å². The minimum Gasteiger partial charge on any atom is -0.324 e. The summed E-state index contributed by atoms with van der Waals surface area (Å²) in [5, 5.41) is 9.71. The monoisotopic (exact) mass is 387 g/mol. The van der Waals surface area contributed by atoms with Gasteiger partial charge in [0.25, 0.3) is 0 Å². The van der Waals surface area contributed by atoms with Crippen LogP contribution in [0.4, 0.5) is 5.69 Å². The molecule has 0 fully saturated rings. The lowest BCUT2D eigenvalue weighted by Crippen LogP contribution is -2.30. The summed E-state index contributed by atoms with van der Waals surface area (Å²) in [6, 6.07) is 4.16. The third-order valence-corrected chi connectivity index (χ3v) is 5.18. The van der Waals surface area contributed by atoms with Gasteiger partial charge in [0.1, 0.15) is 6.04 Å². The molecule has 1 heterocycles. The van der Waals surface area contributed by atoms with E-state index in [0.29, 0.717) is 16.8 Å². The maximum absolute atomic E-state index is 12.5. The predicted octanol–water partition coefficient (Wildman–Crippen LogP) is 0.958. The molecule has 0 saturated heterocycles. The van der Waals surface area contributed by atoms with E-state index in [1.165, 1.54) is 13.1 Å². The lowest BCUT2D eigenvalue weighted by molar-refractivity contribution is -0.118. The lowest BCUT2D eigenvalue weighted by atomic mass is 10.1. The number of likely N-dealkylation sites (N-methyl/N-ethyl adjacent to an activating group) is 1. The molecule has 1 atom stereocenters. The molecule has 0 saturated carbocycles. The van der Waals surface area contributed by atoms with Gasteiger partial charge in [-0.2, -0.15) is 5.10 Å². The molecule has 1 amide bonds. The Hall–Kier alpha value is -1.94. The van der Waals surface area contributed by atoms with Gasteiger partial charge in [-0.1, -0.05) is 6.07 Å².